The van der Waals surface area contributed by atoms with Gasteiger partial charge in [-0.15, -0.1) is 0 Å². The molecule has 0 bridgehead atoms. The van der Waals surface area contributed by atoms with Crippen LogP contribution in [-0.2, 0) is 13.6 Å². The van der Waals surface area contributed by atoms with Gasteiger partial charge in [-0.25, -0.2) is 0 Å². The molecular formula is C15H28O3Si. The summed E-state index contributed by atoms with van der Waals surface area (Å²) in [7, 11) is -2.20. The third kappa shape index (κ3) is 3.12. The highest BCUT2D eigenvalue weighted by atomic mass is 28.4. The Kier molecular flexibility index (Phi) is 5.63. The van der Waals surface area contributed by atoms with Crippen molar-refractivity contribution in [3.05, 3.63) is 11.6 Å². The average Bonchev–Trinajstić information content (AvgIpc) is 2.32. The molecule has 0 spiro atoms. The van der Waals surface area contributed by atoms with Gasteiger partial charge in [0.1, 0.15) is 5.73 Å². The first-order valence-corrected chi connectivity index (χ1v) is 9.96. The van der Waals surface area contributed by atoms with E-state index in [1.165, 1.54) is 25.7 Å². The first-order chi connectivity index (χ1) is 9.27. The predicted molar refractivity (Wildman–Crippen MR) is 79.3 cm³/mol. The average molecular weight is 284 g/mol. The van der Waals surface area contributed by atoms with Crippen molar-refractivity contribution in [1.82, 2.24) is 0 Å². The molecule has 2 atom stereocenters. The molecule has 0 aromatic rings. The Morgan fingerprint density at radius 1 is 1.16 bits per heavy atom. The lowest BCUT2D eigenvalue weighted by atomic mass is 9.84. The van der Waals surface area contributed by atoms with Crippen molar-refractivity contribution in [1.29, 1.82) is 0 Å². The van der Waals surface area contributed by atoms with E-state index in [4.69, 9.17) is 13.6 Å². The molecule has 0 N–H and O–H groups in total. The highest BCUT2D eigenvalue weighted by molar-refractivity contribution is 6.69. The number of ether oxygens (including phenoxy) is 1. The first-order valence-electron chi connectivity index (χ1n) is 7.85. The summed E-state index contributed by atoms with van der Waals surface area (Å²) in [6, 6.07) is 1.09. The van der Waals surface area contributed by atoms with E-state index in [9.17, 15) is 0 Å². The molecule has 0 amide bonds. The van der Waals surface area contributed by atoms with E-state index in [0.717, 1.165) is 25.9 Å². The van der Waals surface area contributed by atoms with E-state index in [2.05, 4.69) is 26.8 Å². The topological polar surface area (TPSA) is 27.7 Å². The van der Waals surface area contributed by atoms with Gasteiger partial charge in [0.25, 0.3) is 0 Å². The van der Waals surface area contributed by atoms with Crippen LogP contribution in [0.15, 0.2) is 11.6 Å². The van der Waals surface area contributed by atoms with Crippen molar-refractivity contribution < 1.29 is 13.6 Å². The minimum absolute atomic E-state index is 0.192. The van der Waals surface area contributed by atoms with Crippen molar-refractivity contribution >= 4 is 8.56 Å². The SMILES string of the molecule is CCOC1C(C2=CCC2)CCC[Si]1(OCC)OCC. The Bertz CT molecular complexity index is 305. The minimum Gasteiger partial charge on any atom is -0.393 e. The van der Waals surface area contributed by atoms with E-state index in [-0.39, 0.29) is 5.73 Å². The Morgan fingerprint density at radius 2 is 1.84 bits per heavy atom. The Morgan fingerprint density at radius 3 is 2.32 bits per heavy atom. The molecule has 0 saturated carbocycles. The molecule has 2 aliphatic rings. The summed E-state index contributed by atoms with van der Waals surface area (Å²) in [4.78, 5) is 0. The smallest absolute Gasteiger partial charge is 0.368 e. The number of hydrogen-bond donors (Lipinski definition) is 0. The molecule has 1 heterocycles. The van der Waals surface area contributed by atoms with E-state index in [1.54, 1.807) is 5.57 Å². The van der Waals surface area contributed by atoms with Crippen LogP contribution in [0.3, 0.4) is 0 Å². The maximum Gasteiger partial charge on any atom is 0.368 e. The van der Waals surface area contributed by atoms with Crippen molar-refractivity contribution in [3.8, 4) is 0 Å². The lowest BCUT2D eigenvalue weighted by Gasteiger charge is -2.45. The molecule has 19 heavy (non-hydrogen) atoms. The Hall–Kier alpha value is -0.163. The molecule has 1 saturated heterocycles. The third-order valence-electron chi connectivity index (χ3n) is 4.28. The maximum atomic E-state index is 6.19. The quantitative estimate of drug-likeness (QED) is 0.528. The van der Waals surface area contributed by atoms with Crippen LogP contribution in [0, 0.1) is 5.92 Å². The molecule has 0 aromatic carbocycles. The molecule has 4 heteroatoms. The van der Waals surface area contributed by atoms with Crippen LogP contribution in [0.5, 0.6) is 0 Å². The summed E-state index contributed by atoms with van der Waals surface area (Å²) < 4.78 is 18.5. The normalized spacial score (nSPS) is 29.7. The largest absolute Gasteiger partial charge is 0.393 e. The summed E-state index contributed by atoms with van der Waals surface area (Å²) in [5, 5.41) is 0. The van der Waals surface area contributed by atoms with Crippen molar-refractivity contribution in [2.75, 3.05) is 19.8 Å². The summed E-state index contributed by atoms with van der Waals surface area (Å²) >= 11 is 0. The second kappa shape index (κ2) is 7.02. The van der Waals surface area contributed by atoms with Crippen LogP contribution >= 0.6 is 0 Å². The van der Waals surface area contributed by atoms with Crippen LogP contribution in [0.1, 0.15) is 46.5 Å². The van der Waals surface area contributed by atoms with Crippen LogP contribution in [0.2, 0.25) is 6.04 Å². The van der Waals surface area contributed by atoms with E-state index >= 15 is 0 Å². The second-order valence-corrected chi connectivity index (χ2v) is 8.64. The van der Waals surface area contributed by atoms with Gasteiger partial charge in [0.05, 0.1) is 0 Å². The lowest BCUT2D eigenvalue weighted by molar-refractivity contribution is 0.0160. The van der Waals surface area contributed by atoms with Gasteiger partial charge in [0.2, 0.25) is 0 Å². The van der Waals surface area contributed by atoms with Gasteiger partial charge in [-0.05, 0) is 46.1 Å². The van der Waals surface area contributed by atoms with Crippen LogP contribution < -0.4 is 0 Å². The van der Waals surface area contributed by atoms with E-state index < -0.39 is 8.56 Å². The standard InChI is InChI=1S/C15H28O3Si/c1-4-16-15-14(13-9-7-10-13)11-8-12-19(15,17-5-2)18-6-3/h9,14-15H,4-8,10-12H2,1-3H3. The van der Waals surface area contributed by atoms with Gasteiger partial charge in [-0.2, -0.15) is 0 Å². The molecule has 110 valence electrons. The van der Waals surface area contributed by atoms with E-state index in [0.29, 0.717) is 5.92 Å². The summed E-state index contributed by atoms with van der Waals surface area (Å²) in [5.74, 6) is 0.548. The zero-order valence-corrected chi connectivity index (χ0v) is 13.6. The monoisotopic (exact) mass is 284 g/mol. The zero-order chi connectivity index (χ0) is 13.7. The summed E-state index contributed by atoms with van der Waals surface area (Å²) in [6.45, 7) is 8.45. The highest BCUT2D eigenvalue weighted by Crippen LogP contribution is 2.42. The van der Waals surface area contributed by atoms with Gasteiger partial charge in [0.15, 0.2) is 0 Å². The zero-order valence-electron chi connectivity index (χ0n) is 12.6. The minimum atomic E-state index is -2.20. The number of rotatable bonds is 7. The van der Waals surface area contributed by atoms with E-state index in [1.807, 2.05) is 0 Å². The molecule has 1 fully saturated rings. The third-order valence-corrected chi connectivity index (χ3v) is 8.32. The van der Waals surface area contributed by atoms with Gasteiger partial charge in [0, 0.05) is 25.7 Å². The van der Waals surface area contributed by atoms with Gasteiger partial charge < -0.3 is 13.6 Å². The van der Waals surface area contributed by atoms with Gasteiger partial charge in [-0.1, -0.05) is 18.1 Å². The Balaban J connectivity index is 2.21. The van der Waals surface area contributed by atoms with Crippen LogP contribution in [0.25, 0.3) is 0 Å². The fourth-order valence-corrected chi connectivity index (χ4v) is 7.53. The molecule has 1 aliphatic carbocycles. The molecule has 2 rings (SSSR count). The molecule has 0 radical (unpaired) electrons. The van der Waals surface area contributed by atoms with Crippen molar-refractivity contribution in [2.24, 2.45) is 5.92 Å². The van der Waals surface area contributed by atoms with Crippen molar-refractivity contribution in [2.45, 2.75) is 58.2 Å². The summed E-state index contributed by atoms with van der Waals surface area (Å²) in [5.41, 5.74) is 1.78. The number of hydrogen-bond acceptors (Lipinski definition) is 3. The fourth-order valence-electron chi connectivity index (χ4n) is 3.46. The number of allylic oxidation sites excluding steroid dienone is 1. The lowest BCUT2D eigenvalue weighted by Crippen LogP contribution is -2.60. The van der Waals surface area contributed by atoms with Crippen molar-refractivity contribution in [3.63, 3.8) is 0 Å². The maximum absolute atomic E-state index is 6.19. The first kappa shape index (κ1) is 15.2. The molecule has 1 aliphatic heterocycles. The van der Waals surface area contributed by atoms with Gasteiger partial charge in [-0.3, -0.25) is 0 Å². The molecular weight excluding hydrogens is 256 g/mol. The second-order valence-electron chi connectivity index (χ2n) is 5.37. The fraction of sp³-hybridized carbons (Fsp3) is 0.867. The molecule has 2 unspecified atom stereocenters. The Labute approximate surface area is 118 Å². The highest BCUT2D eigenvalue weighted by Gasteiger charge is 2.53. The molecule has 0 aromatic heterocycles. The summed E-state index contributed by atoms with van der Waals surface area (Å²) in [6.07, 6.45) is 7.34. The van der Waals surface area contributed by atoms with Crippen LogP contribution in [-0.4, -0.2) is 34.1 Å². The van der Waals surface area contributed by atoms with Crippen LogP contribution in [0.4, 0.5) is 0 Å². The van der Waals surface area contributed by atoms with Gasteiger partial charge >= 0.3 is 8.56 Å². The molecule has 3 nitrogen and oxygen atoms in total. The predicted octanol–water partition coefficient (Wildman–Crippen LogP) is 3.58.